The van der Waals surface area contributed by atoms with E-state index in [2.05, 4.69) is 30.9 Å². The number of hydrogen-bond donors (Lipinski definition) is 0. The summed E-state index contributed by atoms with van der Waals surface area (Å²) in [6.45, 7) is 0. The molecule has 0 aliphatic heterocycles. The van der Waals surface area contributed by atoms with Gasteiger partial charge in [-0.3, -0.25) is 4.98 Å². The van der Waals surface area contributed by atoms with Gasteiger partial charge in [0.25, 0.3) is 0 Å². The molecule has 1 aliphatic carbocycles. The Hall–Kier alpha value is -1.43. The van der Waals surface area contributed by atoms with Gasteiger partial charge in [-0.25, -0.2) is 18.7 Å². The lowest BCUT2D eigenvalue weighted by molar-refractivity contribution is 0.0792. The normalized spacial score (nSPS) is 24.6. The molecule has 0 bridgehead atoms. The molecule has 3 nitrogen and oxygen atoms in total. The highest BCUT2D eigenvalue weighted by Gasteiger charge is 2.48. The van der Waals surface area contributed by atoms with Gasteiger partial charge in [-0.15, -0.1) is 0 Å². The minimum Gasteiger partial charge on any atom is -0.258 e. The van der Waals surface area contributed by atoms with E-state index in [1.165, 1.54) is 6.07 Å². The quantitative estimate of drug-likeness (QED) is 0.839. The summed E-state index contributed by atoms with van der Waals surface area (Å²) in [4.78, 5) is 12.6. The number of hydrogen-bond acceptors (Lipinski definition) is 3. The van der Waals surface area contributed by atoms with Gasteiger partial charge in [-0.2, -0.15) is 0 Å². The van der Waals surface area contributed by atoms with Gasteiger partial charge in [0.05, 0.1) is 10.2 Å². The fourth-order valence-corrected chi connectivity index (χ4v) is 3.10. The summed E-state index contributed by atoms with van der Waals surface area (Å²) in [5, 5.41) is 0. The van der Waals surface area contributed by atoms with Gasteiger partial charge in [0.15, 0.2) is 0 Å². The predicted molar refractivity (Wildman–Crippen MR) is 78.1 cm³/mol. The molecule has 0 N–H and O–H groups in total. The van der Waals surface area contributed by atoms with Gasteiger partial charge < -0.3 is 0 Å². The number of aromatic nitrogens is 3. The lowest BCUT2D eigenvalue weighted by Crippen LogP contribution is -2.44. The summed E-state index contributed by atoms with van der Waals surface area (Å²) >= 11 is 3.28. The Morgan fingerprint density at radius 2 is 1.95 bits per heavy atom. The Morgan fingerprint density at radius 1 is 1.24 bits per heavy atom. The number of pyridine rings is 1. The first-order valence-electron chi connectivity index (χ1n) is 6.81. The Morgan fingerprint density at radius 3 is 2.57 bits per heavy atom. The maximum atomic E-state index is 14.0. The monoisotopic (exact) mass is 353 g/mol. The molecule has 1 saturated carbocycles. The van der Waals surface area contributed by atoms with Crippen molar-refractivity contribution in [3.8, 4) is 0 Å². The summed E-state index contributed by atoms with van der Waals surface area (Å²) in [5.41, 5.74) is -0.155. The number of aryl methyl sites for hydroxylation is 1. The molecule has 3 rings (SSSR count). The number of rotatable bonds is 4. The van der Waals surface area contributed by atoms with Crippen LogP contribution < -0.4 is 0 Å². The highest BCUT2D eigenvalue weighted by Crippen LogP contribution is 2.48. The van der Waals surface area contributed by atoms with Gasteiger partial charge in [-0.1, -0.05) is 0 Å². The Labute approximate surface area is 130 Å². The lowest BCUT2D eigenvalue weighted by atomic mass is 9.62. The Balaban J connectivity index is 1.79. The van der Waals surface area contributed by atoms with Gasteiger partial charge in [-0.05, 0) is 47.3 Å². The Bertz CT molecular complexity index is 627. The topological polar surface area (TPSA) is 38.7 Å². The second-order valence-electron chi connectivity index (χ2n) is 5.44. The minimum absolute atomic E-state index is 0.317. The number of nitrogens with zero attached hydrogens (tertiary/aromatic N) is 3. The van der Waals surface area contributed by atoms with Crippen molar-refractivity contribution in [1.82, 2.24) is 15.0 Å². The van der Waals surface area contributed by atoms with Crippen LogP contribution in [-0.4, -0.2) is 21.1 Å². The van der Waals surface area contributed by atoms with Crippen LogP contribution in [0.2, 0.25) is 0 Å². The van der Waals surface area contributed by atoms with Crippen LogP contribution >= 0.6 is 15.9 Å². The van der Waals surface area contributed by atoms with E-state index in [1.54, 1.807) is 24.7 Å². The number of alkyl halides is 1. The van der Waals surface area contributed by atoms with E-state index in [4.69, 9.17) is 0 Å². The highest BCUT2D eigenvalue weighted by atomic mass is 79.9. The van der Waals surface area contributed by atoms with Crippen molar-refractivity contribution in [2.45, 2.75) is 37.3 Å². The summed E-state index contributed by atoms with van der Waals surface area (Å²) in [5.74, 6) is 0.317. The van der Waals surface area contributed by atoms with E-state index in [0.717, 1.165) is 4.47 Å². The molecular weight excluding hydrogens is 340 g/mol. The molecule has 0 radical (unpaired) electrons. The van der Waals surface area contributed by atoms with Gasteiger partial charge >= 0.3 is 0 Å². The molecule has 0 atom stereocenters. The predicted octanol–water partition coefficient (Wildman–Crippen LogP) is 3.78. The van der Waals surface area contributed by atoms with Crippen LogP contribution in [0.5, 0.6) is 0 Å². The second-order valence-corrected chi connectivity index (χ2v) is 6.35. The van der Waals surface area contributed by atoms with Crippen molar-refractivity contribution in [2.24, 2.45) is 0 Å². The first-order chi connectivity index (χ1) is 10.1. The van der Waals surface area contributed by atoms with Crippen molar-refractivity contribution >= 4 is 15.9 Å². The van der Waals surface area contributed by atoms with Crippen LogP contribution in [0, 0.1) is 5.82 Å². The molecule has 0 unspecified atom stereocenters. The molecule has 0 spiro atoms. The molecule has 6 heteroatoms. The summed E-state index contributed by atoms with van der Waals surface area (Å²) in [7, 11) is 0. The molecule has 0 saturated heterocycles. The van der Waals surface area contributed by atoms with Crippen molar-refractivity contribution in [2.75, 3.05) is 0 Å². The third kappa shape index (κ3) is 2.95. The highest BCUT2D eigenvalue weighted by molar-refractivity contribution is 9.10. The third-order valence-electron chi connectivity index (χ3n) is 3.99. The molecule has 110 valence electrons. The maximum Gasteiger partial charge on any atom is 0.145 e. The molecule has 0 aromatic carbocycles. The van der Waals surface area contributed by atoms with E-state index >= 15 is 0 Å². The van der Waals surface area contributed by atoms with Crippen LogP contribution in [0.15, 0.2) is 35.2 Å². The minimum atomic E-state index is -0.878. The molecular formula is C15H14BrF2N3. The van der Waals surface area contributed by atoms with Crippen molar-refractivity contribution < 1.29 is 8.78 Å². The summed E-state index contributed by atoms with van der Waals surface area (Å²) < 4.78 is 28.2. The standard InChI is InChI=1S/C15H14BrF2N3/c16-10-8-20-13(21-9-10)3-4-15(6-11(17)7-15)14-12(18)2-1-5-19-14/h1-2,5,8-9,11H,3-4,6-7H2/t11-,15-. The molecule has 2 aromatic rings. The molecule has 21 heavy (non-hydrogen) atoms. The van der Waals surface area contributed by atoms with Gasteiger partial charge in [0.2, 0.25) is 0 Å². The van der Waals surface area contributed by atoms with Crippen molar-refractivity contribution in [3.63, 3.8) is 0 Å². The van der Waals surface area contributed by atoms with Crippen molar-refractivity contribution in [1.29, 1.82) is 0 Å². The van der Waals surface area contributed by atoms with Crippen molar-refractivity contribution in [3.05, 3.63) is 52.5 Å². The summed E-state index contributed by atoms with van der Waals surface area (Å²) in [6.07, 6.45) is 5.84. The van der Waals surface area contributed by atoms with E-state index in [9.17, 15) is 8.78 Å². The smallest absolute Gasteiger partial charge is 0.145 e. The molecule has 1 fully saturated rings. The first kappa shape index (κ1) is 14.5. The van der Waals surface area contributed by atoms with E-state index in [0.29, 0.717) is 37.2 Å². The van der Waals surface area contributed by atoms with Gasteiger partial charge in [0.1, 0.15) is 17.8 Å². The van der Waals surface area contributed by atoms with E-state index in [-0.39, 0.29) is 5.82 Å². The molecule has 0 amide bonds. The third-order valence-corrected chi connectivity index (χ3v) is 4.40. The van der Waals surface area contributed by atoms with Crippen LogP contribution in [0.25, 0.3) is 0 Å². The van der Waals surface area contributed by atoms with Crippen LogP contribution in [-0.2, 0) is 11.8 Å². The van der Waals surface area contributed by atoms with Gasteiger partial charge in [0, 0.05) is 30.4 Å². The number of halogens is 3. The van der Waals surface area contributed by atoms with Crippen LogP contribution in [0.3, 0.4) is 0 Å². The van der Waals surface area contributed by atoms with Crippen LogP contribution in [0.4, 0.5) is 8.78 Å². The summed E-state index contributed by atoms with van der Waals surface area (Å²) in [6, 6.07) is 2.93. The maximum absolute atomic E-state index is 14.0. The molecule has 2 aromatic heterocycles. The zero-order chi connectivity index (χ0) is 14.9. The molecule has 1 aliphatic rings. The van der Waals surface area contributed by atoms with E-state index < -0.39 is 11.6 Å². The average Bonchev–Trinajstić information content (AvgIpc) is 2.45. The SMILES string of the molecule is Fc1cccnc1[C@]1(CCc2ncc(Br)cn2)C[C@@H](F)C1. The largest absolute Gasteiger partial charge is 0.258 e. The fraction of sp³-hybridized carbons (Fsp3) is 0.400. The van der Waals surface area contributed by atoms with E-state index in [1.807, 2.05) is 0 Å². The fourth-order valence-electron chi connectivity index (χ4n) is 2.90. The molecule has 2 heterocycles. The second kappa shape index (κ2) is 5.75. The lowest BCUT2D eigenvalue weighted by Gasteiger charge is -2.44. The average molecular weight is 354 g/mol. The van der Waals surface area contributed by atoms with Crippen LogP contribution in [0.1, 0.15) is 30.8 Å². The first-order valence-corrected chi connectivity index (χ1v) is 7.60. The Kier molecular flexibility index (Phi) is 3.97. The zero-order valence-electron chi connectivity index (χ0n) is 11.3. The zero-order valence-corrected chi connectivity index (χ0v) is 12.9.